The van der Waals surface area contributed by atoms with Crippen molar-refractivity contribution in [1.82, 2.24) is 0 Å². The zero-order chi connectivity index (χ0) is 19.2. The molecule has 0 aliphatic carbocycles. The number of hydrogen-bond donors (Lipinski definition) is 1. The third-order valence-corrected chi connectivity index (χ3v) is 4.10. The Bertz CT molecular complexity index is 1020. The number of aromatic nitrogens is 1. The second kappa shape index (κ2) is 9.43. The molecule has 1 aromatic heterocycles. The highest BCUT2D eigenvalue weighted by atomic mass is 35.5. The van der Waals surface area contributed by atoms with Crippen molar-refractivity contribution >= 4 is 23.8 Å². The predicted molar refractivity (Wildman–Crippen MR) is 101 cm³/mol. The van der Waals surface area contributed by atoms with Crippen molar-refractivity contribution in [3.05, 3.63) is 105 Å². The zero-order valence-corrected chi connectivity index (χ0v) is 15.5. The maximum Gasteiger partial charge on any atom is 0.335 e. The van der Waals surface area contributed by atoms with Crippen LogP contribution in [0.2, 0.25) is 0 Å². The van der Waals surface area contributed by atoms with Crippen LogP contribution >= 0.6 is 0 Å². The summed E-state index contributed by atoms with van der Waals surface area (Å²) in [5.41, 5.74) is 2.66. The van der Waals surface area contributed by atoms with E-state index < -0.39 is 10.9 Å². The summed E-state index contributed by atoms with van der Waals surface area (Å²) in [6, 6.07) is 19.0. The molecule has 6 nitrogen and oxygen atoms in total. The monoisotopic (exact) mass is 396 g/mol. The second-order valence-electron chi connectivity index (χ2n) is 5.90. The van der Waals surface area contributed by atoms with Gasteiger partial charge in [0.15, 0.2) is 12.7 Å². The molecule has 0 fully saturated rings. The Kier molecular flexibility index (Phi) is 7.01. The topological polar surface area (TPSA) is 84.3 Å². The Labute approximate surface area is 168 Å². The van der Waals surface area contributed by atoms with E-state index in [2.05, 4.69) is 0 Å². The third kappa shape index (κ3) is 5.02. The van der Waals surface area contributed by atoms with Crippen LogP contribution in [-0.2, 0) is 6.54 Å². The molecule has 3 aromatic rings. The number of benzene rings is 2. The van der Waals surface area contributed by atoms with Gasteiger partial charge in [0.25, 0.3) is 5.69 Å². The van der Waals surface area contributed by atoms with Crippen molar-refractivity contribution in [2.75, 3.05) is 0 Å². The van der Waals surface area contributed by atoms with Crippen LogP contribution in [-0.4, -0.2) is 16.0 Å². The van der Waals surface area contributed by atoms with Gasteiger partial charge >= 0.3 is 5.97 Å². The number of hydrogen-bond acceptors (Lipinski definition) is 3. The molecular formula is C21H17ClN2O4. The number of carboxylic acids is 1. The van der Waals surface area contributed by atoms with Crippen LogP contribution in [0.25, 0.3) is 12.2 Å². The Hall–Kier alpha value is -3.51. The number of para-hydroxylation sites is 1. The van der Waals surface area contributed by atoms with Crippen LogP contribution in [0.3, 0.4) is 0 Å². The fourth-order valence-electron chi connectivity index (χ4n) is 2.70. The van der Waals surface area contributed by atoms with Crippen LogP contribution in [0.4, 0.5) is 5.69 Å². The minimum absolute atomic E-state index is 0. The van der Waals surface area contributed by atoms with Gasteiger partial charge in [-0.15, -0.1) is 0 Å². The minimum atomic E-state index is -0.956. The summed E-state index contributed by atoms with van der Waals surface area (Å²) in [6.07, 6.45) is 5.45. The summed E-state index contributed by atoms with van der Waals surface area (Å²) >= 11 is 0. The van der Waals surface area contributed by atoms with E-state index >= 15 is 0 Å². The molecular weight excluding hydrogens is 380 g/mol. The second-order valence-corrected chi connectivity index (χ2v) is 5.90. The van der Waals surface area contributed by atoms with Crippen molar-refractivity contribution in [1.29, 1.82) is 0 Å². The van der Waals surface area contributed by atoms with Gasteiger partial charge in [0.1, 0.15) is 0 Å². The summed E-state index contributed by atoms with van der Waals surface area (Å²) < 4.78 is 1.99. The highest BCUT2D eigenvalue weighted by molar-refractivity contribution is 5.87. The molecule has 0 saturated heterocycles. The van der Waals surface area contributed by atoms with Crippen LogP contribution in [0.15, 0.2) is 72.9 Å². The number of halogens is 1. The fourth-order valence-corrected chi connectivity index (χ4v) is 2.70. The largest absolute Gasteiger partial charge is 1.00 e. The van der Waals surface area contributed by atoms with Crippen LogP contribution in [0.1, 0.15) is 27.2 Å². The van der Waals surface area contributed by atoms with Gasteiger partial charge in [-0.25, -0.2) is 4.79 Å². The molecule has 0 atom stereocenters. The highest BCUT2D eigenvalue weighted by Crippen LogP contribution is 2.19. The molecule has 0 saturated carbocycles. The zero-order valence-electron chi connectivity index (χ0n) is 14.7. The number of nitro benzene ring substituents is 1. The van der Waals surface area contributed by atoms with E-state index in [9.17, 15) is 14.9 Å². The molecule has 2 aromatic carbocycles. The lowest BCUT2D eigenvalue weighted by Gasteiger charge is -2.02. The molecule has 0 unspecified atom stereocenters. The maximum absolute atomic E-state index is 11.1. The number of carboxylic acid groups (broad SMARTS) is 1. The molecule has 1 N–H and O–H groups in total. The van der Waals surface area contributed by atoms with E-state index in [0.29, 0.717) is 12.1 Å². The first-order chi connectivity index (χ1) is 13.0. The molecule has 0 aliphatic heterocycles. The van der Waals surface area contributed by atoms with Gasteiger partial charge in [0.2, 0.25) is 5.69 Å². The van der Waals surface area contributed by atoms with Gasteiger partial charge < -0.3 is 17.5 Å². The molecule has 0 radical (unpaired) electrons. The Balaban J connectivity index is 0.00000280. The van der Waals surface area contributed by atoms with E-state index in [4.69, 9.17) is 5.11 Å². The van der Waals surface area contributed by atoms with E-state index in [-0.39, 0.29) is 23.7 Å². The number of aromatic carboxylic acids is 1. The lowest BCUT2D eigenvalue weighted by atomic mass is 10.1. The Morgan fingerprint density at radius 1 is 1.00 bits per heavy atom. The molecule has 28 heavy (non-hydrogen) atoms. The Morgan fingerprint density at radius 3 is 2.36 bits per heavy atom. The first-order valence-electron chi connectivity index (χ1n) is 8.27. The lowest BCUT2D eigenvalue weighted by molar-refractivity contribution is -0.690. The van der Waals surface area contributed by atoms with Crippen LogP contribution in [0.5, 0.6) is 0 Å². The van der Waals surface area contributed by atoms with E-state index in [1.165, 1.54) is 6.07 Å². The minimum Gasteiger partial charge on any atom is -1.00 e. The van der Waals surface area contributed by atoms with Crippen LogP contribution < -0.4 is 17.0 Å². The predicted octanol–water partition coefficient (Wildman–Crippen LogP) is 0.803. The SMILES string of the molecule is O=C(O)c1ccc(C[n+]2ccccc2/C=C/c2ccccc2[N+](=O)[O-])cc1.[Cl-]. The lowest BCUT2D eigenvalue weighted by Crippen LogP contribution is -3.00. The smallest absolute Gasteiger partial charge is 0.335 e. The number of nitro groups is 1. The van der Waals surface area contributed by atoms with E-state index in [1.807, 2.05) is 35.0 Å². The van der Waals surface area contributed by atoms with Gasteiger partial charge in [-0.05, 0) is 30.3 Å². The number of rotatable bonds is 6. The molecule has 7 heteroatoms. The summed E-state index contributed by atoms with van der Waals surface area (Å²) in [4.78, 5) is 21.7. The van der Waals surface area contributed by atoms with Crippen molar-refractivity contribution in [2.24, 2.45) is 0 Å². The number of pyridine rings is 1. The van der Waals surface area contributed by atoms with Crippen molar-refractivity contribution in [3.8, 4) is 0 Å². The standard InChI is InChI=1S/C21H16N2O4.ClH/c24-21(25)18-10-8-16(9-11-18)15-22-14-4-3-6-19(22)13-12-17-5-1-2-7-20(17)23(26)27;/h1-14H,15H2;1H/b13-12+;. The van der Waals surface area contributed by atoms with Gasteiger partial charge in [0.05, 0.1) is 16.1 Å². The van der Waals surface area contributed by atoms with Crippen LogP contribution in [0, 0.1) is 10.1 Å². The molecule has 3 rings (SSSR count). The summed E-state index contributed by atoms with van der Waals surface area (Å²) in [7, 11) is 0. The average molecular weight is 397 g/mol. The fraction of sp³-hybridized carbons (Fsp3) is 0.0476. The third-order valence-electron chi connectivity index (χ3n) is 4.10. The summed E-state index contributed by atoms with van der Waals surface area (Å²) in [6.45, 7) is 0.553. The summed E-state index contributed by atoms with van der Waals surface area (Å²) in [5.74, 6) is -0.956. The molecule has 1 heterocycles. The maximum atomic E-state index is 11.1. The van der Waals surface area contributed by atoms with Gasteiger partial charge in [-0.1, -0.05) is 24.3 Å². The average Bonchev–Trinajstić information content (AvgIpc) is 2.68. The highest BCUT2D eigenvalue weighted by Gasteiger charge is 2.12. The number of nitrogens with zero attached hydrogens (tertiary/aromatic N) is 2. The van der Waals surface area contributed by atoms with Crippen molar-refractivity contribution in [2.45, 2.75) is 6.54 Å². The first-order valence-corrected chi connectivity index (χ1v) is 8.27. The molecule has 0 spiro atoms. The van der Waals surface area contributed by atoms with Crippen molar-refractivity contribution in [3.63, 3.8) is 0 Å². The molecule has 142 valence electrons. The molecule has 0 amide bonds. The first kappa shape index (κ1) is 20.8. The number of carbonyl (C=O) groups is 1. The van der Waals surface area contributed by atoms with Gasteiger partial charge in [-0.2, -0.15) is 4.57 Å². The summed E-state index contributed by atoms with van der Waals surface area (Å²) in [5, 5.41) is 20.1. The van der Waals surface area contributed by atoms with E-state index in [1.54, 1.807) is 48.5 Å². The Morgan fingerprint density at radius 2 is 1.68 bits per heavy atom. The molecule has 0 bridgehead atoms. The quantitative estimate of drug-likeness (QED) is 0.379. The van der Waals surface area contributed by atoms with Gasteiger partial charge in [-0.3, -0.25) is 10.1 Å². The normalized spacial score (nSPS) is 10.4. The van der Waals surface area contributed by atoms with Gasteiger partial charge in [0, 0.05) is 29.8 Å². The molecule has 0 aliphatic rings. The van der Waals surface area contributed by atoms with E-state index in [0.717, 1.165) is 11.3 Å². The van der Waals surface area contributed by atoms with Crippen molar-refractivity contribution < 1.29 is 31.8 Å².